The second-order valence-electron chi connectivity index (χ2n) is 5.67. The third kappa shape index (κ3) is 5.11. The van der Waals surface area contributed by atoms with E-state index in [0.717, 1.165) is 22.2 Å². The third-order valence-electron chi connectivity index (χ3n) is 3.73. The van der Waals surface area contributed by atoms with Gasteiger partial charge < -0.3 is 11.6 Å². The average Bonchev–Trinajstić information content (AvgIpc) is 2.68. The minimum absolute atomic E-state index is 0.0137. The molecule has 0 atom stereocenters. The highest BCUT2D eigenvalue weighted by atomic mass is 19.2. The molecule has 142 valence electrons. The fourth-order valence-electron chi connectivity index (χ4n) is 2.35. The molecule has 0 radical (unpaired) electrons. The number of pyridine rings is 1. The molecular weight excluding hydrogens is 350 g/mol. The van der Waals surface area contributed by atoms with E-state index >= 15 is 0 Å². The maximum atomic E-state index is 14.0. The highest BCUT2D eigenvalue weighted by molar-refractivity contribution is 6.03. The molecular formula is C19H22F2N6. The van der Waals surface area contributed by atoms with Gasteiger partial charge in [-0.15, -0.1) is 0 Å². The van der Waals surface area contributed by atoms with Crippen LogP contribution in [-0.4, -0.2) is 22.4 Å². The van der Waals surface area contributed by atoms with Gasteiger partial charge in [-0.3, -0.25) is 5.01 Å². The van der Waals surface area contributed by atoms with Crippen LogP contribution in [0.1, 0.15) is 18.9 Å². The van der Waals surface area contributed by atoms with Crippen molar-refractivity contribution in [1.82, 2.24) is 9.99 Å². The van der Waals surface area contributed by atoms with Gasteiger partial charge in [-0.05, 0) is 24.1 Å². The van der Waals surface area contributed by atoms with Gasteiger partial charge in [0.05, 0.1) is 12.1 Å². The Labute approximate surface area is 156 Å². The Balaban J connectivity index is 2.33. The summed E-state index contributed by atoms with van der Waals surface area (Å²) in [5.41, 5.74) is 7.88. The first kappa shape index (κ1) is 20.1. The summed E-state index contributed by atoms with van der Waals surface area (Å²) in [6.07, 6.45) is 4.73. The maximum absolute atomic E-state index is 14.0. The van der Waals surface area contributed by atoms with Crippen molar-refractivity contribution in [2.24, 2.45) is 16.8 Å². The lowest BCUT2D eigenvalue weighted by Gasteiger charge is -2.20. The SMILES string of the molecule is CC/C=C\C(F)=C(\F)CN(N)/C(=N\N)c1cc(-c2ccccc2)cnc1N. The highest BCUT2D eigenvalue weighted by Gasteiger charge is 2.18. The van der Waals surface area contributed by atoms with Gasteiger partial charge in [0.25, 0.3) is 0 Å². The van der Waals surface area contributed by atoms with Gasteiger partial charge in [0.1, 0.15) is 5.82 Å². The summed E-state index contributed by atoms with van der Waals surface area (Å²) in [7, 11) is 0. The van der Waals surface area contributed by atoms with Gasteiger partial charge in [-0.1, -0.05) is 43.3 Å². The quantitative estimate of drug-likeness (QED) is 0.237. The van der Waals surface area contributed by atoms with Crippen LogP contribution >= 0.6 is 0 Å². The Bertz CT molecular complexity index is 862. The van der Waals surface area contributed by atoms with Crippen LogP contribution in [0.3, 0.4) is 0 Å². The summed E-state index contributed by atoms with van der Waals surface area (Å²) in [5.74, 6) is 9.34. The van der Waals surface area contributed by atoms with Gasteiger partial charge in [0.2, 0.25) is 0 Å². The molecule has 1 aromatic carbocycles. The van der Waals surface area contributed by atoms with Gasteiger partial charge >= 0.3 is 0 Å². The molecule has 0 amide bonds. The number of hydrogen-bond donors (Lipinski definition) is 3. The fourth-order valence-corrected chi connectivity index (χ4v) is 2.35. The number of hydrogen-bond acceptors (Lipinski definition) is 5. The number of rotatable bonds is 6. The number of hydrazine groups is 1. The molecule has 0 bridgehead atoms. The largest absolute Gasteiger partial charge is 0.383 e. The van der Waals surface area contributed by atoms with Crippen molar-refractivity contribution in [2.45, 2.75) is 13.3 Å². The van der Waals surface area contributed by atoms with Gasteiger partial charge in [-0.25, -0.2) is 19.6 Å². The van der Waals surface area contributed by atoms with E-state index in [1.165, 1.54) is 6.08 Å². The summed E-state index contributed by atoms with van der Waals surface area (Å²) in [6.45, 7) is 1.25. The molecule has 1 heterocycles. The lowest BCUT2D eigenvalue weighted by molar-refractivity contribution is 0.409. The van der Waals surface area contributed by atoms with Gasteiger partial charge in [0, 0.05) is 11.8 Å². The van der Waals surface area contributed by atoms with Crippen LogP contribution < -0.4 is 17.4 Å². The minimum Gasteiger partial charge on any atom is -0.383 e. The van der Waals surface area contributed by atoms with Crippen molar-refractivity contribution >= 4 is 11.7 Å². The van der Waals surface area contributed by atoms with Crippen molar-refractivity contribution in [1.29, 1.82) is 0 Å². The van der Waals surface area contributed by atoms with Gasteiger partial charge in [0.15, 0.2) is 17.5 Å². The standard InChI is InChI=1S/C19H22F2N6/c1-2-3-9-16(20)17(21)12-27(24)19(26-23)15-10-14(11-25-18(15)22)13-7-5-4-6-8-13/h3-11H,2,12,23-24H2,1H3,(H2,22,25)/b9-3-,17-16-,26-19-. The number of anilines is 1. The normalized spacial score (nSPS) is 13.0. The topological polar surface area (TPSA) is 107 Å². The summed E-state index contributed by atoms with van der Waals surface area (Å²) in [4.78, 5) is 4.13. The lowest BCUT2D eigenvalue weighted by atomic mass is 10.1. The molecule has 8 heteroatoms. The first-order chi connectivity index (χ1) is 13.0. The van der Waals surface area contributed by atoms with Crippen LogP contribution in [0.15, 0.2) is 71.5 Å². The fraction of sp³-hybridized carbons (Fsp3) is 0.158. The van der Waals surface area contributed by atoms with Crippen LogP contribution in [0.4, 0.5) is 14.6 Å². The molecule has 2 rings (SSSR count). The zero-order valence-corrected chi connectivity index (χ0v) is 14.9. The van der Waals surface area contributed by atoms with Crippen LogP contribution in [0, 0.1) is 0 Å². The summed E-state index contributed by atoms with van der Waals surface area (Å²) >= 11 is 0. The number of nitrogen functional groups attached to an aromatic ring is 1. The van der Waals surface area contributed by atoms with Gasteiger partial charge in [-0.2, -0.15) is 5.10 Å². The van der Waals surface area contributed by atoms with Crippen LogP contribution in [0.2, 0.25) is 0 Å². The summed E-state index contributed by atoms with van der Waals surface area (Å²) < 4.78 is 27.7. The van der Waals surface area contributed by atoms with Crippen LogP contribution in [0.5, 0.6) is 0 Å². The number of nitrogens with zero attached hydrogens (tertiary/aromatic N) is 3. The molecule has 27 heavy (non-hydrogen) atoms. The summed E-state index contributed by atoms with van der Waals surface area (Å²) in [5, 5.41) is 4.48. The molecule has 0 unspecified atom stereocenters. The van der Waals surface area contributed by atoms with E-state index in [9.17, 15) is 8.78 Å². The van der Waals surface area contributed by atoms with Crippen LogP contribution in [-0.2, 0) is 0 Å². The number of amidine groups is 1. The molecule has 0 saturated carbocycles. The predicted molar refractivity (Wildman–Crippen MR) is 104 cm³/mol. The van der Waals surface area contributed by atoms with Crippen molar-refractivity contribution < 1.29 is 8.78 Å². The number of allylic oxidation sites excluding steroid dienone is 3. The summed E-state index contributed by atoms with van der Waals surface area (Å²) in [6, 6.07) is 11.1. The van der Waals surface area contributed by atoms with E-state index in [-0.39, 0.29) is 11.7 Å². The maximum Gasteiger partial charge on any atom is 0.173 e. The molecule has 0 fully saturated rings. The molecule has 2 aromatic rings. The second-order valence-corrected chi connectivity index (χ2v) is 5.67. The first-order valence-electron chi connectivity index (χ1n) is 8.30. The second kappa shape index (κ2) is 9.44. The Morgan fingerprint density at radius 1 is 1.22 bits per heavy atom. The number of aromatic nitrogens is 1. The Hall–Kier alpha value is -3.26. The molecule has 6 nitrogen and oxygen atoms in total. The predicted octanol–water partition coefficient (Wildman–Crippen LogP) is 3.24. The third-order valence-corrected chi connectivity index (χ3v) is 3.73. The average molecular weight is 372 g/mol. The van der Waals surface area contributed by atoms with E-state index in [4.69, 9.17) is 17.4 Å². The van der Waals surface area contributed by atoms with Crippen molar-refractivity contribution in [2.75, 3.05) is 12.3 Å². The van der Waals surface area contributed by atoms with Crippen molar-refractivity contribution in [3.63, 3.8) is 0 Å². The Kier molecular flexibility index (Phi) is 7.01. The highest BCUT2D eigenvalue weighted by Crippen LogP contribution is 2.23. The molecule has 6 N–H and O–H groups in total. The molecule has 0 saturated heterocycles. The minimum atomic E-state index is -1.05. The molecule has 0 aliphatic rings. The van der Waals surface area contributed by atoms with E-state index in [1.54, 1.807) is 12.3 Å². The van der Waals surface area contributed by atoms with Crippen LogP contribution in [0.25, 0.3) is 11.1 Å². The number of hydrazone groups is 1. The van der Waals surface area contributed by atoms with E-state index in [0.29, 0.717) is 12.0 Å². The Morgan fingerprint density at radius 3 is 2.56 bits per heavy atom. The first-order valence-corrected chi connectivity index (χ1v) is 8.30. The van der Waals surface area contributed by atoms with E-state index in [2.05, 4.69) is 10.1 Å². The number of benzene rings is 1. The zero-order chi connectivity index (χ0) is 19.8. The zero-order valence-electron chi connectivity index (χ0n) is 14.9. The lowest BCUT2D eigenvalue weighted by Crippen LogP contribution is -2.40. The van der Waals surface area contributed by atoms with Crippen molar-refractivity contribution in [3.8, 4) is 11.1 Å². The Morgan fingerprint density at radius 2 is 1.93 bits per heavy atom. The van der Waals surface area contributed by atoms with E-state index < -0.39 is 18.2 Å². The van der Waals surface area contributed by atoms with E-state index in [1.807, 2.05) is 37.3 Å². The molecule has 0 aliphatic carbocycles. The number of nitrogens with two attached hydrogens (primary N) is 3. The monoisotopic (exact) mass is 372 g/mol. The number of halogens is 2. The van der Waals surface area contributed by atoms with Crippen molar-refractivity contribution in [3.05, 3.63) is 72.0 Å². The molecule has 0 spiro atoms. The smallest absolute Gasteiger partial charge is 0.173 e. The molecule has 1 aromatic heterocycles. The molecule has 0 aliphatic heterocycles.